The Morgan fingerprint density at radius 3 is 2.62 bits per heavy atom. The van der Waals surface area contributed by atoms with E-state index < -0.39 is 0 Å². The number of benzene rings is 1. The lowest BCUT2D eigenvalue weighted by molar-refractivity contribution is -0.384. The topological polar surface area (TPSA) is 58.4 Å². The summed E-state index contributed by atoms with van der Waals surface area (Å²) < 4.78 is 0. The Morgan fingerprint density at radius 1 is 1.44 bits per heavy atom. The zero-order valence-corrected chi connectivity index (χ0v) is 9.86. The van der Waals surface area contributed by atoms with Gasteiger partial charge in [-0.2, -0.15) is 0 Å². The molecule has 88 valence electrons. The number of nitro groups is 1. The van der Waals surface area contributed by atoms with Crippen molar-refractivity contribution in [2.24, 2.45) is 0 Å². The SMILES string of the molecule is Cc1cc([N+](=O)[O-])ccc1NCCN(C)C. The van der Waals surface area contributed by atoms with E-state index in [1.807, 2.05) is 21.0 Å². The molecule has 0 unspecified atom stereocenters. The molecule has 0 aromatic heterocycles. The molecule has 0 heterocycles. The van der Waals surface area contributed by atoms with E-state index in [0.717, 1.165) is 24.3 Å². The average Bonchev–Trinajstić information content (AvgIpc) is 2.19. The monoisotopic (exact) mass is 223 g/mol. The van der Waals surface area contributed by atoms with Gasteiger partial charge >= 0.3 is 0 Å². The molecule has 0 fully saturated rings. The number of likely N-dealkylation sites (N-methyl/N-ethyl adjacent to an activating group) is 1. The minimum absolute atomic E-state index is 0.135. The maximum Gasteiger partial charge on any atom is 0.269 e. The molecule has 0 saturated heterocycles. The highest BCUT2D eigenvalue weighted by atomic mass is 16.6. The second-order valence-electron chi connectivity index (χ2n) is 3.99. The third kappa shape index (κ3) is 3.51. The normalized spacial score (nSPS) is 10.5. The number of hydrogen-bond donors (Lipinski definition) is 1. The Balaban J connectivity index is 2.64. The van der Waals surface area contributed by atoms with Crippen molar-refractivity contribution in [3.05, 3.63) is 33.9 Å². The maximum atomic E-state index is 10.5. The molecule has 0 radical (unpaired) electrons. The molecule has 0 bridgehead atoms. The van der Waals surface area contributed by atoms with Crippen molar-refractivity contribution in [1.29, 1.82) is 0 Å². The van der Waals surface area contributed by atoms with E-state index in [2.05, 4.69) is 10.2 Å². The smallest absolute Gasteiger partial charge is 0.269 e. The van der Waals surface area contributed by atoms with Gasteiger partial charge in [0.05, 0.1) is 4.92 Å². The van der Waals surface area contributed by atoms with Crippen LogP contribution in [0.15, 0.2) is 18.2 Å². The summed E-state index contributed by atoms with van der Waals surface area (Å²) >= 11 is 0. The third-order valence-corrected chi connectivity index (χ3v) is 2.30. The zero-order chi connectivity index (χ0) is 12.1. The molecule has 16 heavy (non-hydrogen) atoms. The Labute approximate surface area is 95.2 Å². The molecule has 5 heteroatoms. The van der Waals surface area contributed by atoms with E-state index in [0.29, 0.717) is 0 Å². The van der Waals surface area contributed by atoms with Gasteiger partial charge in [-0.3, -0.25) is 10.1 Å². The van der Waals surface area contributed by atoms with E-state index in [-0.39, 0.29) is 10.6 Å². The number of hydrogen-bond acceptors (Lipinski definition) is 4. The molecular weight excluding hydrogens is 206 g/mol. The van der Waals surface area contributed by atoms with Gasteiger partial charge < -0.3 is 10.2 Å². The Morgan fingerprint density at radius 2 is 2.12 bits per heavy atom. The fourth-order valence-corrected chi connectivity index (χ4v) is 1.37. The molecular formula is C11H17N3O2. The van der Waals surface area contributed by atoms with Gasteiger partial charge in [0, 0.05) is 30.9 Å². The number of aryl methyl sites for hydroxylation is 1. The van der Waals surface area contributed by atoms with E-state index in [1.165, 1.54) is 6.07 Å². The number of nitro benzene ring substituents is 1. The van der Waals surface area contributed by atoms with Crippen LogP contribution in [0.1, 0.15) is 5.56 Å². The summed E-state index contributed by atoms with van der Waals surface area (Å²) in [4.78, 5) is 12.2. The van der Waals surface area contributed by atoms with Gasteiger partial charge in [-0.05, 0) is 32.6 Å². The fraction of sp³-hybridized carbons (Fsp3) is 0.455. The lowest BCUT2D eigenvalue weighted by Crippen LogP contribution is -2.21. The van der Waals surface area contributed by atoms with Crippen LogP contribution in [0.5, 0.6) is 0 Å². The predicted octanol–water partition coefficient (Wildman–Crippen LogP) is 1.88. The number of anilines is 1. The van der Waals surface area contributed by atoms with Crippen molar-refractivity contribution in [3.63, 3.8) is 0 Å². The van der Waals surface area contributed by atoms with Gasteiger partial charge in [0.15, 0.2) is 0 Å². The Hall–Kier alpha value is -1.62. The molecule has 0 aliphatic carbocycles. The second kappa shape index (κ2) is 5.46. The van der Waals surface area contributed by atoms with Crippen molar-refractivity contribution in [1.82, 2.24) is 4.90 Å². The van der Waals surface area contributed by atoms with Crippen LogP contribution in [-0.2, 0) is 0 Å². The van der Waals surface area contributed by atoms with Crippen LogP contribution in [0, 0.1) is 17.0 Å². The summed E-state index contributed by atoms with van der Waals surface area (Å²) in [6, 6.07) is 4.85. The third-order valence-electron chi connectivity index (χ3n) is 2.30. The highest BCUT2D eigenvalue weighted by Gasteiger charge is 2.07. The summed E-state index contributed by atoms with van der Waals surface area (Å²) in [5.74, 6) is 0. The minimum atomic E-state index is -0.378. The van der Waals surface area contributed by atoms with Crippen molar-refractivity contribution in [2.75, 3.05) is 32.5 Å². The van der Waals surface area contributed by atoms with Gasteiger partial charge in [-0.15, -0.1) is 0 Å². The summed E-state index contributed by atoms with van der Waals surface area (Å²) in [7, 11) is 4.01. The lowest BCUT2D eigenvalue weighted by atomic mass is 10.2. The molecule has 0 atom stereocenters. The first-order valence-electron chi connectivity index (χ1n) is 5.14. The van der Waals surface area contributed by atoms with Crippen molar-refractivity contribution in [2.45, 2.75) is 6.92 Å². The molecule has 1 N–H and O–H groups in total. The summed E-state index contributed by atoms with van der Waals surface area (Å²) in [5, 5.41) is 13.8. The number of nitrogens with one attached hydrogen (secondary N) is 1. The van der Waals surface area contributed by atoms with Crippen LogP contribution in [0.2, 0.25) is 0 Å². The Kier molecular flexibility index (Phi) is 4.25. The molecule has 1 aromatic carbocycles. The van der Waals surface area contributed by atoms with Gasteiger partial charge in [-0.1, -0.05) is 0 Å². The predicted molar refractivity (Wildman–Crippen MR) is 64.9 cm³/mol. The minimum Gasteiger partial charge on any atom is -0.384 e. The van der Waals surface area contributed by atoms with Crippen molar-refractivity contribution < 1.29 is 4.92 Å². The van der Waals surface area contributed by atoms with Gasteiger partial charge in [0.2, 0.25) is 0 Å². The molecule has 1 rings (SSSR count). The van der Waals surface area contributed by atoms with E-state index in [9.17, 15) is 10.1 Å². The van der Waals surface area contributed by atoms with E-state index in [4.69, 9.17) is 0 Å². The van der Waals surface area contributed by atoms with Gasteiger partial charge in [0.1, 0.15) is 0 Å². The zero-order valence-electron chi connectivity index (χ0n) is 9.86. The molecule has 0 spiro atoms. The molecule has 5 nitrogen and oxygen atoms in total. The highest BCUT2D eigenvalue weighted by Crippen LogP contribution is 2.20. The van der Waals surface area contributed by atoms with E-state index >= 15 is 0 Å². The van der Waals surface area contributed by atoms with Crippen LogP contribution >= 0.6 is 0 Å². The first-order valence-corrected chi connectivity index (χ1v) is 5.14. The lowest BCUT2D eigenvalue weighted by Gasteiger charge is -2.12. The maximum absolute atomic E-state index is 10.5. The molecule has 0 saturated carbocycles. The summed E-state index contributed by atoms with van der Waals surface area (Å²) in [6.45, 7) is 3.62. The van der Waals surface area contributed by atoms with Crippen LogP contribution in [0.4, 0.5) is 11.4 Å². The van der Waals surface area contributed by atoms with Gasteiger partial charge in [-0.25, -0.2) is 0 Å². The number of rotatable bonds is 5. The number of nitrogens with zero attached hydrogens (tertiary/aromatic N) is 2. The fourth-order valence-electron chi connectivity index (χ4n) is 1.37. The average molecular weight is 223 g/mol. The largest absolute Gasteiger partial charge is 0.384 e. The van der Waals surface area contributed by atoms with Crippen LogP contribution in [0.25, 0.3) is 0 Å². The highest BCUT2D eigenvalue weighted by molar-refractivity contribution is 5.55. The quantitative estimate of drug-likeness (QED) is 0.611. The summed E-state index contributed by atoms with van der Waals surface area (Å²) in [6.07, 6.45) is 0. The van der Waals surface area contributed by atoms with Crippen LogP contribution in [-0.4, -0.2) is 37.0 Å². The first kappa shape index (κ1) is 12.4. The van der Waals surface area contributed by atoms with Gasteiger partial charge in [0.25, 0.3) is 5.69 Å². The Bertz CT molecular complexity index is 377. The molecule has 0 aliphatic rings. The van der Waals surface area contributed by atoms with Crippen LogP contribution < -0.4 is 5.32 Å². The first-order chi connectivity index (χ1) is 7.50. The van der Waals surface area contributed by atoms with Crippen LogP contribution in [0.3, 0.4) is 0 Å². The van der Waals surface area contributed by atoms with Crippen molar-refractivity contribution in [3.8, 4) is 0 Å². The summed E-state index contributed by atoms with van der Waals surface area (Å²) in [5.41, 5.74) is 1.98. The van der Waals surface area contributed by atoms with E-state index in [1.54, 1.807) is 12.1 Å². The standard InChI is InChI=1S/C11H17N3O2/c1-9-8-10(14(15)16)4-5-11(9)12-6-7-13(2)3/h4-5,8,12H,6-7H2,1-3H3. The second-order valence-corrected chi connectivity index (χ2v) is 3.99. The molecule has 1 aromatic rings. The molecule has 0 aliphatic heterocycles. The number of non-ortho nitro benzene ring substituents is 1. The van der Waals surface area contributed by atoms with Crippen molar-refractivity contribution >= 4 is 11.4 Å². The molecule has 0 amide bonds.